The Balaban J connectivity index is 1.51. The Morgan fingerprint density at radius 3 is 2.12 bits per heavy atom. The van der Waals surface area contributed by atoms with Crippen LogP contribution in [0.2, 0.25) is 0 Å². The second kappa shape index (κ2) is 11.6. The molecule has 4 saturated heterocycles. The lowest BCUT2D eigenvalue weighted by molar-refractivity contribution is -0.0420. The Kier molecular flexibility index (Phi) is 8.55. The molecule has 2 saturated carbocycles. The van der Waals surface area contributed by atoms with Gasteiger partial charge >= 0.3 is 0 Å². The topological polar surface area (TPSA) is 15.3 Å². The van der Waals surface area contributed by atoms with Crippen LogP contribution in [0, 0.1) is 23.7 Å². The van der Waals surface area contributed by atoms with E-state index in [1.807, 2.05) is 0 Å². The Bertz CT molecular complexity index is 561. The van der Waals surface area contributed by atoms with Gasteiger partial charge in [0.25, 0.3) is 0 Å². The van der Waals surface area contributed by atoms with Gasteiger partial charge in [0.2, 0.25) is 0 Å². The fourth-order valence-corrected chi connectivity index (χ4v) is 9.36. The lowest BCUT2D eigenvalue weighted by atomic mass is 9.57. The summed E-state index contributed by atoms with van der Waals surface area (Å²) in [5, 5.41) is 4.35. The molecule has 6 rings (SSSR count). The molecule has 0 radical (unpaired) electrons. The van der Waals surface area contributed by atoms with Crippen molar-refractivity contribution >= 4 is 0 Å². The SMILES string of the molecule is C1CCCCCC2C(CCCC1)C1CCCCCC(CCC1)N1CCC23NCCCC3C1. The lowest BCUT2D eigenvalue weighted by Crippen LogP contribution is -2.67. The summed E-state index contributed by atoms with van der Waals surface area (Å²) in [7, 11) is 0. The van der Waals surface area contributed by atoms with Gasteiger partial charge in [-0.05, 0) is 75.2 Å². The number of nitrogens with zero attached hydrogens (tertiary/aromatic N) is 1. The molecule has 4 bridgehead atoms. The molecule has 0 amide bonds. The summed E-state index contributed by atoms with van der Waals surface area (Å²) >= 11 is 0. The lowest BCUT2D eigenvalue weighted by Gasteiger charge is -2.58. The number of rotatable bonds is 0. The molecule has 2 nitrogen and oxygen atoms in total. The van der Waals surface area contributed by atoms with Crippen LogP contribution in [-0.2, 0) is 0 Å². The van der Waals surface area contributed by atoms with Crippen LogP contribution in [0.5, 0.6) is 0 Å². The average Bonchev–Trinajstić information content (AvgIpc) is 2.83. The quantitative estimate of drug-likeness (QED) is 0.413. The highest BCUT2D eigenvalue weighted by molar-refractivity contribution is 5.09. The summed E-state index contributed by atoms with van der Waals surface area (Å²) < 4.78 is 0. The van der Waals surface area contributed by atoms with E-state index in [0.717, 1.165) is 29.7 Å². The molecular weight excluding hydrogens is 388 g/mol. The van der Waals surface area contributed by atoms with Gasteiger partial charge < -0.3 is 5.32 Å². The average molecular weight is 443 g/mol. The maximum absolute atomic E-state index is 4.35. The molecule has 32 heavy (non-hydrogen) atoms. The Labute approximate surface area is 200 Å². The van der Waals surface area contributed by atoms with Gasteiger partial charge in [-0.25, -0.2) is 0 Å². The van der Waals surface area contributed by atoms with E-state index in [9.17, 15) is 0 Å². The van der Waals surface area contributed by atoms with Crippen LogP contribution in [0.25, 0.3) is 0 Å². The third-order valence-electron chi connectivity index (χ3n) is 11.0. The Hall–Kier alpha value is -0.0800. The van der Waals surface area contributed by atoms with E-state index in [1.165, 1.54) is 135 Å². The van der Waals surface area contributed by atoms with Crippen molar-refractivity contribution in [2.45, 2.75) is 146 Å². The van der Waals surface area contributed by atoms with Crippen LogP contribution < -0.4 is 5.32 Å². The van der Waals surface area contributed by atoms with E-state index < -0.39 is 0 Å². The maximum Gasteiger partial charge on any atom is 0.0264 e. The molecule has 6 fully saturated rings. The molecule has 184 valence electrons. The largest absolute Gasteiger partial charge is 0.311 e. The zero-order chi connectivity index (χ0) is 21.6. The van der Waals surface area contributed by atoms with E-state index in [4.69, 9.17) is 0 Å². The molecule has 4 aliphatic heterocycles. The first-order valence-corrected chi connectivity index (χ1v) is 15.4. The van der Waals surface area contributed by atoms with Crippen molar-refractivity contribution in [1.82, 2.24) is 10.2 Å². The minimum absolute atomic E-state index is 0.477. The van der Waals surface area contributed by atoms with Gasteiger partial charge in [0.1, 0.15) is 0 Å². The molecule has 0 aromatic rings. The van der Waals surface area contributed by atoms with Crippen molar-refractivity contribution in [2.75, 3.05) is 19.6 Å². The molecule has 2 heteroatoms. The van der Waals surface area contributed by atoms with Crippen molar-refractivity contribution in [2.24, 2.45) is 23.7 Å². The fourth-order valence-electron chi connectivity index (χ4n) is 9.36. The third-order valence-corrected chi connectivity index (χ3v) is 11.0. The second-order valence-electron chi connectivity index (χ2n) is 12.7. The predicted octanol–water partition coefficient (Wildman–Crippen LogP) is 7.71. The first-order chi connectivity index (χ1) is 15.9. The molecule has 6 aliphatic rings. The molecule has 0 aromatic carbocycles. The van der Waals surface area contributed by atoms with E-state index >= 15 is 0 Å². The van der Waals surface area contributed by atoms with Gasteiger partial charge in [0.05, 0.1) is 0 Å². The number of fused-ring (bicyclic) bond motifs is 1. The van der Waals surface area contributed by atoms with Gasteiger partial charge in [-0.15, -0.1) is 0 Å². The maximum atomic E-state index is 4.35. The summed E-state index contributed by atoms with van der Waals surface area (Å²) in [5.41, 5.74) is 0.477. The van der Waals surface area contributed by atoms with Gasteiger partial charge in [-0.3, -0.25) is 4.90 Å². The van der Waals surface area contributed by atoms with Crippen LogP contribution in [0.15, 0.2) is 0 Å². The summed E-state index contributed by atoms with van der Waals surface area (Å²) in [6.45, 7) is 4.11. The van der Waals surface area contributed by atoms with Gasteiger partial charge in [-0.2, -0.15) is 0 Å². The molecular formula is C30H54N2. The van der Waals surface area contributed by atoms with E-state index in [2.05, 4.69) is 10.2 Å². The standard InChI is InChI=1S/C30H54N2/c1-2-4-6-11-20-29-28(19-10-5-3-1)25-14-8-7-9-17-27(18-12-15-25)32-23-21-30(29)26(24-32)16-13-22-31-30/h25-29,31H,1-24H2. The molecule has 2 aliphatic carbocycles. The first kappa shape index (κ1) is 23.7. The van der Waals surface area contributed by atoms with Crippen LogP contribution >= 0.6 is 0 Å². The number of piperidine rings is 2. The second-order valence-corrected chi connectivity index (χ2v) is 12.7. The summed E-state index contributed by atoms with van der Waals surface area (Å²) in [6.07, 6.45) is 31.7. The van der Waals surface area contributed by atoms with E-state index in [-0.39, 0.29) is 0 Å². The van der Waals surface area contributed by atoms with E-state index in [0.29, 0.717) is 5.54 Å². The van der Waals surface area contributed by atoms with E-state index in [1.54, 1.807) is 19.3 Å². The monoisotopic (exact) mass is 442 g/mol. The minimum Gasteiger partial charge on any atom is -0.311 e. The Morgan fingerprint density at radius 1 is 0.594 bits per heavy atom. The first-order valence-electron chi connectivity index (χ1n) is 15.4. The zero-order valence-electron chi connectivity index (χ0n) is 21.3. The van der Waals surface area contributed by atoms with Gasteiger partial charge in [-0.1, -0.05) is 89.9 Å². The molecule has 4 heterocycles. The summed E-state index contributed by atoms with van der Waals surface area (Å²) in [4.78, 5) is 3.02. The minimum atomic E-state index is 0.477. The van der Waals surface area contributed by atoms with Gasteiger partial charge in [0.15, 0.2) is 0 Å². The van der Waals surface area contributed by atoms with Crippen LogP contribution in [-0.4, -0.2) is 36.1 Å². The highest BCUT2D eigenvalue weighted by Gasteiger charge is 2.52. The third kappa shape index (κ3) is 5.27. The number of nitrogens with one attached hydrogen (secondary N) is 1. The Morgan fingerprint density at radius 2 is 1.25 bits per heavy atom. The summed E-state index contributed by atoms with van der Waals surface area (Å²) in [5.74, 6) is 3.90. The smallest absolute Gasteiger partial charge is 0.0264 e. The predicted molar refractivity (Wildman–Crippen MR) is 137 cm³/mol. The summed E-state index contributed by atoms with van der Waals surface area (Å²) in [6, 6.07) is 0.901. The number of hydrogen-bond acceptors (Lipinski definition) is 2. The number of hydrogen-bond donors (Lipinski definition) is 1. The van der Waals surface area contributed by atoms with Crippen LogP contribution in [0.4, 0.5) is 0 Å². The molecule has 7 atom stereocenters. The molecule has 1 spiro atoms. The van der Waals surface area contributed by atoms with Crippen LogP contribution in [0.3, 0.4) is 0 Å². The fraction of sp³-hybridized carbons (Fsp3) is 1.00. The highest BCUT2D eigenvalue weighted by atomic mass is 15.2. The zero-order valence-corrected chi connectivity index (χ0v) is 21.3. The van der Waals surface area contributed by atoms with Crippen molar-refractivity contribution < 1.29 is 0 Å². The molecule has 7 unspecified atom stereocenters. The normalized spacial score (nSPS) is 45.0. The van der Waals surface area contributed by atoms with Crippen LogP contribution in [0.1, 0.15) is 135 Å². The molecule has 0 aromatic heterocycles. The van der Waals surface area contributed by atoms with Crippen molar-refractivity contribution in [3.05, 3.63) is 0 Å². The highest BCUT2D eigenvalue weighted by Crippen LogP contribution is 2.50. The van der Waals surface area contributed by atoms with Crippen molar-refractivity contribution in [3.63, 3.8) is 0 Å². The van der Waals surface area contributed by atoms with Crippen molar-refractivity contribution in [3.8, 4) is 0 Å². The van der Waals surface area contributed by atoms with Crippen molar-refractivity contribution in [1.29, 1.82) is 0 Å². The molecule has 1 N–H and O–H groups in total. The van der Waals surface area contributed by atoms with Gasteiger partial charge in [0, 0.05) is 24.7 Å².